The van der Waals surface area contributed by atoms with Gasteiger partial charge in [-0.1, -0.05) is 46.7 Å². The minimum Gasteiger partial charge on any atom is -0.316 e. The standard InChI is InChI=1S/C16H13Cl2N5OS/c1-8-4-3-5-10(17)14(8)15(24)23-13-7-19-16(25-13)22-12-6-11(18)20-9(2)21-12/h3-7H,1-2H3,(H,23,24)(H,19,20,21,22). The minimum absolute atomic E-state index is 0.278. The second-order valence-corrected chi connectivity index (χ2v) is 6.99. The smallest absolute Gasteiger partial charge is 0.258 e. The lowest BCUT2D eigenvalue weighted by Crippen LogP contribution is -2.13. The number of hydrogen-bond donors (Lipinski definition) is 2. The Balaban J connectivity index is 1.74. The van der Waals surface area contributed by atoms with E-state index in [-0.39, 0.29) is 5.91 Å². The number of amides is 1. The highest BCUT2D eigenvalue weighted by molar-refractivity contribution is 7.19. The van der Waals surface area contributed by atoms with Gasteiger partial charge >= 0.3 is 0 Å². The Bertz CT molecular complexity index is 904. The number of anilines is 3. The van der Waals surface area contributed by atoms with E-state index in [0.717, 1.165) is 5.56 Å². The lowest BCUT2D eigenvalue weighted by Gasteiger charge is -2.07. The summed E-state index contributed by atoms with van der Waals surface area (Å²) in [7, 11) is 0. The van der Waals surface area contributed by atoms with E-state index in [1.807, 2.05) is 13.0 Å². The van der Waals surface area contributed by atoms with Gasteiger partial charge in [0.05, 0.1) is 16.8 Å². The number of rotatable bonds is 4. The quantitative estimate of drug-likeness (QED) is 0.619. The van der Waals surface area contributed by atoms with Crippen molar-refractivity contribution in [3.8, 4) is 0 Å². The Hall–Kier alpha value is -2.22. The zero-order valence-corrected chi connectivity index (χ0v) is 15.6. The van der Waals surface area contributed by atoms with Crippen LogP contribution in [0.5, 0.6) is 0 Å². The predicted octanol–water partition coefficient (Wildman–Crippen LogP) is 4.85. The van der Waals surface area contributed by atoms with Crippen LogP contribution in [0.2, 0.25) is 10.2 Å². The van der Waals surface area contributed by atoms with Gasteiger partial charge < -0.3 is 10.6 Å². The number of thiazole rings is 1. The van der Waals surface area contributed by atoms with Crippen molar-refractivity contribution in [1.29, 1.82) is 0 Å². The Morgan fingerprint density at radius 1 is 1.20 bits per heavy atom. The molecule has 0 aliphatic carbocycles. The maximum Gasteiger partial charge on any atom is 0.258 e. The topological polar surface area (TPSA) is 79.8 Å². The molecule has 0 unspecified atom stereocenters. The third-order valence-corrected chi connectivity index (χ3v) is 4.57. The van der Waals surface area contributed by atoms with Crippen molar-refractivity contribution in [2.75, 3.05) is 10.6 Å². The van der Waals surface area contributed by atoms with Gasteiger partial charge in [0, 0.05) is 6.07 Å². The second kappa shape index (κ2) is 7.35. The molecule has 9 heteroatoms. The molecule has 0 saturated carbocycles. The molecule has 2 heterocycles. The van der Waals surface area contributed by atoms with Crippen LogP contribution < -0.4 is 10.6 Å². The molecule has 0 bridgehead atoms. The van der Waals surface area contributed by atoms with E-state index in [4.69, 9.17) is 23.2 Å². The highest BCUT2D eigenvalue weighted by Gasteiger charge is 2.15. The van der Waals surface area contributed by atoms with Gasteiger partial charge in [0.2, 0.25) is 0 Å². The lowest BCUT2D eigenvalue weighted by molar-refractivity contribution is 0.102. The first-order valence-corrected chi connectivity index (χ1v) is 8.80. The van der Waals surface area contributed by atoms with Crippen molar-refractivity contribution >= 4 is 56.4 Å². The maximum absolute atomic E-state index is 12.4. The summed E-state index contributed by atoms with van der Waals surface area (Å²) in [5.41, 5.74) is 1.25. The number of carbonyl (C=O) groups is 1. The van der Waals surface area contributed by atoms with Gasteiger partial charge in [-0.2, -0.15) is 0 Å². The van der Waals surface area contributed by atoms with E-state index in [1.54, 1.807) is 31.3 Å². The van der Waals surface area contributed by atoms with Gasteiger partial charge in [0.1, 0.15) is 21.8 Å². The van der Waals surface area contributed by atoms with E-state index >= 15 is 0 Å². The van der Waals surface area contributed by atoms with E-state index in [2.05, 4.69) is 25.6 Å². The van der Waals surface area contributed by atoms with E-state index < -0.39 is 0 Å². The molecular formula is C16H13Cl2N5OS. The van der Waals surface area contributed by atoms with Crippen LogP contribution in [0.4, 0.5) is 16.0 Å². The van der Waals surface area contributed by atoms with E-state index in [9.17, 15) is 4.79 Å². The molecule has 0 atom stereocenters. The summed E-state index contributed by atoms with van der Waals surface area (Å²) >= 11 is 13.3. The minimum atomic E-state index is -0.278. The molecule has 3 aromatic rings. The van der Waals surface area contributed by atoms with Crippen LogP contribution in [0, 0.1) is 13.8 Å². The van der Waals surface area contributed by atoms with Crippen molar-refractivity contribution in [3.63, 3.8) is 0 Å². The van der Waals surface area contributed by atoms with Crippen molar-refractivity contribution in [3.05, 3.63) is 57.6 Å². The third kappa shape index (κ3) is 4.25. The second-order valence-electron chi connectivity index (χ2n) is 5.16. The van der Waals surface area contributed by atoms with Crippen LogP contribution >= 0.6 is 34.5 Å². The van der Waals surface area contributed by atoms with Crippen molar-refractivity contribution in [1.82, 2.24) is 15.0 Å². The Labute approximate surface area is 158 Å². The zero-order valence-electron chi connectivity index (χ0n) is 13.3. The largest absolute Gasteiger partial charge is 0.316 e. The molecule has 0 spiro atoms. The SMILES string of the molecule is Cc1nc(Cl)cc(Nc2ncc(NC(=O)c3c(C)cccc3Cl)s2)n1. The van der Waals surface area contributed by atoms with Crippen LogP contribution in [-0.2, 0) is 0 Å². The van der Waals surface area contributed by atoms with Crippen LogP contribution in [0.15, 0.2) is 30.5 Å². The summed E-state index contributed by atoms with van der Waals surface area (Å²) in [4.78, 5) is 24.9. The average molecular weight is 394 g/mol. The molecular weight excluding hydrogens is 381 g/mol. The predicted molar refractivity (Wildman–Crippen MR) is 101 cm³/mol. The first-order valence-electron chi connectivity index (χ1n) is 7.23. The maximum atomic E-state index is 12.4. The van der Waals surface area contributed by atoms with Gasteiger partial charge in [-0.25, -0.2) is 15.0 Å². The summed E-state index contributed by atoms with van der Waals surface area (Å²) in [6.45, 7) is 3.58. The van der Waals surface area contributed by atoms with Crippen LogP contribution in [-0.4, -0.2) is 20.9 Å². The summed E-state index contributed by atoms with van der Waals surface area (Å²) < 4.78 is 0. The Kier molecular flexibility index (Phi) is 5.17. The highest BCUT2D eigenvalue weighted by Crippen LogP contribution is 2.28. The first-order chi connectivity index (χ1) is 11.9. The molecule has 2 N–H and O–H groups in total. The Morgan fingerprint density at radius 2 is 2.00 bits per heavy atom. The normalized spacial score (nSPS) is 10.6. The summed E-state index contributed by atoms with van der Waals surface area (Å²) in [6, 6.07) is 6.92. The van der Waals surface area contributed by atoms with Crippen LogP contribution in [0.3, 0.4) is 0 Å². The van der Waals surface area contributed by atoms with Gasteiger partial charge in [-0.15, -0.1) is 0 Å². The Morgan fingerprint density at radius 3 is 2.72 bits per heavy atom. The monoisotopic (exact) mass is 393 g/mol. The zero-order chi connectivity index (χ0) is 18.0. The van der Waals surface area contributed by atoms with Crippen LogP contribution in [0.25, 0.3) is 0 Å². The van der Waals surface area contributed by atoms with E-state index in [1.165, 1.54) is 11.3 Å². The molecule has 0 aliphatic rings. The van der Waals surface area contributed by atoms with Gasteiger partial charge in [-0.05, 0) is 25.5 Å². The number of aryl methyl sites for hydroxylation is 2. The molecule has 6 nitrogen and oxygen atoms in total. The molecule has 0 fully saturated rings. The number of nitrogens with one attached hydrogen (secondary N) is 2. The molecule has 0 saturated heterocycles. The number of nitrogens with zero attached hydrogens (tertiary/aromatic N) is 3. The number of carbonyl (C=O) groups excluding carboxylic acids is 1. The summed E-state index contributed by atoms with van der Waals surface area (Å²) in [5, 5.41) is 7.75. The van der Waals surface area contributed by atoms with Gasteiger partial charge in [0.25, 0.3) is 5.91 Å². The molecule has 1 amide bonds. The molecule has 0 aliphatic heterocycles. The van der Waals surface area contributed by atoms with Gasteiger partial charge in [0.15, 0.2) is 5.13 Å². The van der Waals surface area contributed by atoms with Crippen molar-refractivity contribution in [2.45, 2.75) is 13.8 Å². The van der Waals surface area contributed by atoms with Crippen LogP contribution in [0.1, 0.15) is 21.7 Å². The molecule has 128 valence electrons. The molecule has 25 heavy (non-hydrogen) atoms. The van der Waals surface area contributed by atoms with Crippen molar-refractivity contribution in [2.24, 2.45) is 0 Å². The fraction of sp³-hybridized carbons (Fsp3) is 0.125. The fourth-order valence-corrected chi connectivity index (χ4v) is 3.44. The molecule has 0 radical (unpaired) electrons. The number of halogens is 2. The van der Waals surface area contributed by atoms with E-state index in [0.29, 0.717) is 37.5 Å². The number of aromatic nitrogens is 3. The lowest BCUT2D eigenvalue weighted by atomic mass is 10.1. The molecule has 1 aromatic carbocycles. The van der Waals surface area contributed by atoms with Gasteiger partial charge in [-0.3, -0.25) is 4.79 Å². The summed E-state index contributed by atoms with van der Waals surface area (Å²) in [6.07, 6.45) is 1.56. The molecule has 2 aromatic heterocycles. The molecule has 3 rings (SSSR count). The highest BCUT2D eigenvalue weighted by atomic mass is 35.5. The fourth-order valence-electron chi connectivity index (χ4n) is 2.19. The average Bonchev–Trinajstić information content (AvgIpc) is 2.92. The number of benzene rings is 1. The first kappa shape index (κ1) is 17.6. The van der Waals surface area contributed by atoms with Crippen molar-refractivity contribution < 1.29 is 4.79 Å². The summed E-state index contributed by atoms with van der Waals surface area (Å²) in [5.74, 6) is 0.806. The number of hydrogen-bond acceptors (Lipinski definition) is 6. The third-order valence-electron chi connectivity index (χ3n) is 3.23.